The number of rotatable bonds is 4. The zero-order valence-corrected chi connectivity index (χ0v) is 10.6. The molecule has 0 saturated heterocycles. The van der Waals surface area contributed by atoms with E-state index in [0.717, 1.165) is 22.6 Å². The maximum Gasteiger partial charge on any atom is 0.123 e. The SMILES string of the molecule is CNC(Cc1cccc(F)c1)c1snnc1C. The molecule has 0 aliphatic heterocycles. The van der Waals surface area contributed by atoms with Gasteiger partial charge in [-0.25, -0.2) is 4.39 Å². The second-order valence-corrected chi connectivity index (χ2v) is 4.68. The number of likely N-dealkylation sites (N-methyl/N-ethyl adjacent to an activating group) is 1. The van der Waals surface area contributed by atoms with Crippen molar-refractivity contribution in [3.63, 3.8) is 0 Å². The lowest BCUT2D eigenvalue weighted by Crippen LogP contribution is -2.18. The smallest absolute Gasteiger partial charge is 0.123 e. The Morgan fingerprint density at radius 1 is 1.47 bits per heavy atom. The Morgan fingerprint density at radius 2 is 2.29 bits per heavy atom. The van der Waals surface area contributed by atoms with Crippen LogP contribution in [0.5, 0.6) is 0 Å². The predicted molar refractivity (Wildman–Crippen MR) is 66.6 cm³/mol. The first kappa shape index (κ1) is 12.1. The molecule has 1 N–H and O–H groups in total. The monoisotopic (exact) mass is 251 g/mol. The van der Waals surface area contributed by atoms with Crippen molar-refractivity contribution in [3.05, 3.63) is 46.2 Å². The van der Waals surface area contributed by atoms with E-state index in [-0.39, 0.29) is 11.9 Å². The molecular weight excluding hydrogens is 237 g/mol. The summed E-state index contributed by atoms with van der Waals surface area (Å²) in [5.74, 6) is -0.198. The van der Waals surface area contributed by atoms with Gasteiger partial charge in [0, 0.05) is 6.04 Å². The molecule has 17 heavy (non-hydrogen) atoms. The van der Waals surface area contributed by atoms with Gasteiger partial charge in [0.05, 0.1) is 10.6 Å². The lowest BCUT2D eigenvalue weighted by Gasteiger charge is -2.14. The van der Waals surface area contributed by atoms with Crippen LogP contribution in [0.4, 0.5) is 4.39 Å². The molecule has 0 spiro atoms. The molecule has 0 bridgehead atoms. The van der Waals surface area contributed by atoms with Gasteiger partial charge in [-0.15, -0.1) is 5.10 Å². The van der Waals surface area contributed by atoms with Gasteiger partial charge in [-0.1, -0.05) is 16.6 Å². The van der Waals surface area contributed by atoms with E-state index in [0.29, 0.717) is 0 Å². The fourth-order valence-corrected chi connectivity index (χ4v) is 2.53. The molecular formula is C12H14FN3S. The van der Waals surface area contributed by atoms with Crippen LogP contribution in [-0.2, 0) is 6.42 Å². The van der Waals surface area contributed by atoms with Gasteiger partial charge in [0.2, 0.25) is 0 Å². The van der Waals surface area contributed by atoms with E-state index >= 15 is 0 Å². The molecule has 1 unspecified atom stereocenters. The third kappa shape index (κ3) is 2.87. The van der Waals surface area contributed by atoms with E-state index in [9.17, 15) is 4.39 Å². The summed E-state index contributed by atoms with van der Waals surface area (Å²) in [7, 11) is 1.89. The highest BCUT2D eigenvalue weighted by atomic mass is 32.1. The third-order valence-corrected chi connectivity index (χ3v) is 3.62. The number of hydrogen-bond acceptors (Lipinski definition) is 4. The molecule has 0 radical (unpaired) electrons. The van der Waals surface area contributed by atoms with Crippen LogP contribution in [0.2, 0.25) is 0 Å². The van der Waals surface area contributed by atoms with Gasteiger partial charge in [-0.05, 0) is 49.6 Å². The Morgan fingerprint density at radius 3 is 2.88 bits per heavy atom. The summed E-state index contributed by atoms with van der Waals surface area (Å²) in [6, 6.07) is 6.81. The Bertz CT molecular complexity index is 498. The molecule has 1 aromatic heterocycles. The number of aromatic nitrogens is 2. The molecule has 0 saturated carbocycles. The summed E-state index contributed by atoms with van der Waals surface area (Å²) in [5, 5.41) is 7.22. The lowest BCUT2D eigenvalue weighted by atomic mass is 10.0. The van der Waals surface area contributed by atoms with Crippen LogP contribution < -0.4 is 5.32 Å². The maximum absolute atomic E-state index is 13.1. The quantitative estimate of drug-likeness (QED) is 0.907. The first-order valence-electron chi connectivity index (χ1n) is 5.41. The highest BCUT2D eigenvalue weighted by Crippen LogP contribution is 2.23. The first-order chi connectivity index (χ1) is 8.20. The minimum Gasteiger partial charge on any atom is -0.312 e. The average Bonchev–Trinajstić information content (AvgIpc) is 2.72. The van der Waals surface area contributed by atoms with Crippen molar-refractivity contribution < 1.29 is 4.39 Å². The molecule has 1 heterocycles. The van der Waals surface area contributed by atoms with E-state index in [2.05, 4.69) is 14.9 Å². The van der Waals surface area contributed by atoms with Crippen LogP contribution in [-0.4, -0.2) is 16.6 Å². The van der Waals surface area contributed by atoms with Crippen molar-refractivity contribution in [3.8, 4) is 0 Å². The van der Waals surface area contributed by atoms with Crippen molar-refractivity contribution in [2.45, 2.75) is 19.4 Å². The van der Waals surface area contributed by atoms with Gasteiger partial charge in [0.15, 0.2) is 0 Å². The van der Waals surface area contributed by atoms with Crippen LogP contribution in [0.3, 0.4) is 0 Å². The number of halogens is 1. The molecule has 1 aromatic carbocycles. The van der Waals surface area contributed by atoms with E-state index < -0.39 is 0 Å². The lowest BCUT2D eigenvalue weighted by molar-refractivity contribution is 0.588. The van der Waals surface area contributed by atoms with Crippen molar-refractivity contribution in [1.82, 2.24) is 14.9 Å². The largest absolute Gasteiger partial charge is 0.312 e. The Balaban J connectivity index is 2.19. The van der Waals surface area contributed by atoms with Crippen LogP contribution in [0, 0.1) is 12.7 Å². The Hall–Kier alpha value is -1.33. The highest BCUT2D eigenvalue weighted by molar-refractivity contribution is 7.05. The second kappa shape index (κ2) is 5.33. The normalized spacial score (nSPS) is 12.6. The molecule has 2 aromatic rings. The molecule has 3 nitrogen and oxygen atoms in total. The number of benzene rings is 1. The second-order valence-electron chi connectivity index (χ2n) is 3.90. The van der Waals surface area contributed by atoms with E-state index in [4.69, 9.17) is 0 Å². The van der Waals surface area contributed by atoms with Crippen molar-refractivity contribution in [2.24, 2.45) is 0 Å². The van der Waals surface area contributed by atoms with Gasteiger partial charge in [-0.3, -0.25) is 0 Å². The van der Waals surface area contributed by atoms with Gasteiger partial charge in [0.25, 0.3) is 0 Å². The zero-order valence-electron chi connectivity index (χ0n) is 9.77. The third-order valence-electron chi connectivity index (χ3n) is 2.68. The number of nitrogens with zero attached hydrogens (tertiary/aromatic N) is 2. The fraction of sp³-hybridized carbons (Fsp3) is 0.333. The summed E-state index contributed by atoms with van der Waals surface area (Å²) in [5.41, 5.74) is 1.91. The summed E-state index contributed by atoms with van der Waals surface area (Å²) < 4.78 is 17.0. The number of aryl methyl sites for hydroxylation is 1. The number of nitrogens with one attached hydrogen (secondary N) is 1. The van der Waals surface area contributed by atoms with E-state index in [1.807, 2.05) is 20.0 Å². The molecule has 90 valence electrons. The number of hydrogen-bond donors (Lipinski definition) is 1. The molecule has 0 aliphatic rings. The van der Waals surface area contributed by atoms with Crippen molar-refractivity contribution >= 4 is 11.5 Å². The van der Waals surface area contributed by atoms with Crippen LogP contribution in [0.15, 0.2) is 24.3 Å². The standard InChI is InChI=1S/C12H14FN3S/c1-8-12(17-16-15-8)11(14-2)7-9-4-3-5-10(13)6-9/h3-6,11,14H,7H2,1-2H3. The molecule has 0 aliphatic carbocycles. The molecule has 2 rings (SSSR count). The van der Waals surface area contributed by atoms with Gasteiger partial charge in [0.1, 0.15) is 5.82 Å². The molecule has 0 amide bonds. The van der Waals surface area contributed by atoms with Gasteiger partial charge < -0.3 is 5.32 Å². The van der Waals surface area contributed by atoms with Gasteiger partial charge >= 0.3 is 0 Å². The Labute approximate surface area is 104 Å². The molecule has 5 heteroatoms. The van der Waals surface area contributed by atoms with Crippen molar-refractivity contribution in [1.29, 1.82) is 0 Å². The average molecular weight is 251 g/mol. The fourth-order valence-electron chi connectivity index (χ4n) is 1.78. The summed E-state index contributed by atoms with van der Waals surface area (Å²) in [6.45, 7) is 1.94. The van der Waals surface area contributed by atoms with E-state index in [1.54, 1.807) is 12.1 Å². The van der Waals surface area contributed by atoms with Crippen LogP contribution in [0.1, 0.15) is 22.2 Å². The maximum atomic E-state index is 13.1. The topological polar surface area (TPSA) is 37.8 Å². The summed E-state index contributed by atoms with van der Waals surface area (Å²) in [4.78, 5) is 1.11. The zero-order chi connectivity index (χ0) is 12.3. The highest BCUT2D eigenvalue weighted by Gasteiger charge is 2.16. The van der Waals surface area contributed by atoms with E-state index in [1.165, 1.54) is 17.6 Å². The van der Waals surface area contributed by atoms with Crippen LogP contribution >= 0.6 is 11.5 Å². The van der Waals surface area contributed by atoms with Crippen LogP contribution in [0.25, 0.3) is 0 Å². The summed E-state index contributed by atoms with van der Waals surface area (Å²) in [6.07, 6.45) is 0.735. The molecule has 0 fully saturated rings. The molecule has 1 atom stereocenters. The Kier molecular flexibility index (Phi) is 3.81. The first-order valence-corrected chi connectivity index (χ1v) is 6.18. The predicted octanol–water partition coefficient (Wildman–Crippen LogP) is 2.49. The van der Waals surface area contributed by atoms with Gasteiger partial charge in [-0.2, -0.15) is 0 Å². The minimum absolute atomic E-state index is 0.136. The minimum atomic E-state index is -0.198. The van der Waals surface area contributed by atoms with Crippen molar-refractivity contribution in [2.75, 3.05) is 7.05 Å². The summed E-state index contributed by atoms with van der Waals surface area (Å²) >= 11 is 1.39.